The molecule has 0 atom stereocenters. The van der Waals surface area contributed by atoms with Crippen molar-refractivity contribution >= 4 is 96.9 Å². The fourth-order valence-electron chi connectivity index (χ4n) is 8.29. The number of aromatic nitrogens is 3. The average molecular weight is 694 g/mol. The highest BCUT2D eigenvalue weighted by molar-refractivity contribution is 7.26. The first-order chi connectivity index (χ1) is 26.2. The van der Waals surface area contributed by atoms with Gasteiger partial charge in [0.2, 0.25) is 5.95 Å². The van der Waals surface area contributed by atoms with Crippen LogP contribution in [0.2, 0.25) is 0 Å². The Morgan fingerprint density at radius 2 is 1.17 bits per heavy atom. The van der Waals surface area contributed by atoms with Crippen LogP contribution in [0.4, 0.5) is 0 Å². The molecule has 0 saturated carbocycles. The molecule has 0 fully saturated rings. The van der Waals surface area contributed by atoms with E-state index in [0.29, 0.717) is 5.95 Å². The number of furan rings is 1. The van der Waals surface area contributed by atoms with E-state index in [1.54, 1.807) is 0 Å². The van der Waals surface area contributed by atoms with E-state index in [-0.39, 0.29) is 0 Å². The van der Waals surface area contributed by atoms with Gasteiger partial charge < -0.3 is 4.42 Å². The van der Waals surface area contributed by atoms with Gasteiger partial charge in [-0.1, -0.05) is 115 Å². The largest absolute Gasteiger partial charge is 0.456 e. The molecule has 12 rings (SSSR count). The summed E-state index contributed by atoms with van der Waals surface area (Å²) in [6.07, 6.45) is 0. The molecule has 0 spiro atoms. The van der Waals surface area contributed by atoms with Crippen molar-refractivity contribution in [2.45, 2.75) is 0 Å². The molecular weight excluding hydrogens is 667 g/mol. The van der Waals surface area contributed by atoms with Gasteiger partial charge in [-0.15, -0.1) is 11.3 Å². The van der Waals surface area contributed by atoms with E-state index in [0.717, 1.165) is 55.1 Å². The third kappa shape index (κ3) is 4.23. The van der Waals surface area contributed by atoms with Crippen molar-refractivity contribution in [2.24, 2.45) is 0 Å². The highest BCUT2D eigenvalue weighted by atomic mass is 32.1. The molecule has 8 aromatic carbocycles. The second-order valence-corrected chi connectivity index (χ2v) is 14.8. The zero-order chi connectivity index (χ0) is 34.6. The van der Waals surface area contributed by atoms with Crippen LogP contribution in [0.1, 0.15) is 0 Å². The van der Waals surface area contributed by atoms with Crippen molar-refractivity contribution < 1.29 is 4.42 Å². The standard InChI is InChI=1S/C48H27N3OS/c1-2-10-28(11-3-1)31-18-20-34-36-22-21-35-33-14-7-9-17-41(33)51(46(35)47(36)53-44(34)27-31)48-49-40-16-8-6-15-37(40)45(50-48)32-19-23-42-38(25-32)39-24-29-12-4-5-13-30(29)26-43(39)52-42/h1-27H. The Bertz CT molecular complexity index is 3460. The topological polar surface area (TPSA) is 43.9 Å². The molecule has 0 aliphatic carbocycles. The first kappa shape index (κ1) is 28.8. The molecule has 4 nitrogen and oxygen atoms in total. The Morgan fingerprint density at radius 3 is 2.08 bits per heavy atom. The highest BCUT2D eigenvalue weighted by Crippen LogP contribution is 2.44. The molecule has 0 amide bonds. The summed E-state index contributed by atoms with van der Waals surface area (Å²) in [4.78, 5) is 10.8. The predicted octanol–water partition coefficient (Wildman–Crippen LogP) is 13.5. The molecule has 0 bridgehead atoms. The van der Waals surface area contributed by atoms with Crippen LogP contribution in [0.3, 0.4) is 0 Å². The van der Waals surface area contributed by atoms with Crippen molar-refractivity contribution in [3.05, 3.63) is 164 Å². The molecule has 0 aliphatic rings. The van der Waals surface area contributed by atoms with E-state index in [4.69, 9.17) is 14.4 Å². The Balaban J connectivity index is 1.13. The van der Waals surface area contributed by atoms with Crippen LogP contribution >= 0.6 is 11.3 Å². The number of hydrogen-bond acceptors (Lipinski definition) is 4. The third-order valence-electron chi connectivity index (χ3n) is 10.8. The van der Waals surface area contributed by atoms with Gasteiger partial charge in [0, 0.05) is 48.0 Å². The van der Waals surface area contributed by atoms with Crippen molar-refractivity contribution in [3.8, 4) is 28.3 Å². The molecule has 0 saturated heterocycles. The highest BCUT2D eigenvalue weighted by Gasteiger charge is 2.21. The van der Waals surface area contributed by atoms with Gasteiger partial charge in [-0.05, 0) is 70.4 Å². The first-order valence-electron chi connectivity index (χ1n) is 17.8. The molecule has 12 aromatic rings. The number of hydrogen-bond donors (Lipinski definition) is 0. The molecule has 5 heteroatoms. The van der Waals surface area contributed by atoms with Crippen molar-refractivity contribution in [2.75, 3.05) is 0 Å². The molecule has 246 valence electrons. The predicted molar refractivity (Wildman–Crippen MR) is 222 cm³/mol. The van der Waals surface area contributed by atoms with Gasteiger partial charge in [-0.25, -0.2) is 9.97 Å². The summed E-state index contributed by atoms with van der Waals surface area (Å²) in [7, 11) is 0. The lowest BCUT2D eigenvalue weighted by Gasteiger charge is -2.12. The van der Waals surface area contributed by atoms with Crippen LogP contribution in [0.5, 0.6) is 0 Å². The molecular formula is C48H27N3OS. The SMILES string of the molecule is c1ccc(-c2ccc3c(c2)sc2c3ccc3c4ccccc4n(-c4nc(-c5ccc6oc7cc8ccccc8cc7c6c5)c5ccccc5n4)c32)cc1. The van der Waals surface area contributed by atoms with Gasteiger partial charge in [0.1, 0.15) is 11.2 Å². The molecule has 0 N–H and O–H groups in total. The molecule has 0 unspecified atom stereocenters. The van der Waals surface area contributed by atoms with E-state index in [1.807, 2.05) is 11.3 Å². The lowest BCUT2D eigenvalue weighted by atomic mass is 10.0. The summed E-state index contributed by atoms with van der Waals surface area (Å²) in [5.74, 6) is 0.656. The minimum absolute atomic E-state index is 0.656. The lowest BCUT2D eigenvalue weighted by molar-refractivity contribution is 0.669. The average Bonchev–Trinajstić information content (AvgIpc) is 3.88. The zero-order valence-corrected chi connectivity index (χ0v) is 29.1. The van der Waals surface area contributed by atoms with E-state index < -0.39 is 0 Å². The summed E-state index contributed by atoms with van der Waals surface area (Å²) in [6.45, 7) is 0. The van der Waals surface area contributed by atoms with Gasteiger partial charge >= 0.3 is 0 Å². The Kier molecular flexibility index (Phi) is 5.90. The number of thiophene rings is 1. The maximum Gasteiger partial charge on any atom is 0.235 e. The van der Waals surface area contributed by atoms with Gasteiger partial charge in [0.25, 0.3) is 0 Å². The summed E-state index contributed by atoms with van der Waals surface area (Å²) < 4.78 is 11.2. The number of fused-ring (bicyclic) bond motifs is 12. The summed E-state index contributed by atoms with van der Waals surface area (Å²) in [5.41, 5.74) is 9.23. The van der Waals surface area contributed by atoms with Crippen LogP contribution in [-0.4, -0.2) is 14.5 Å². The summed E-state index contributed by atoms with van der Waals surface area (Å²) in [6, 6.07) is 58.2. The number of benzene rings is 8. The van der Waals surface area contributed by atoms with E-state index in [2.05, 4.69) is 168 Å². The van der Waals surface area contributed by atoms with Crippen molar-refractivity contribution in [1.82, 2.24) is 14.5 Å². The second-order valence-electron chi connectivity index (χ2n) is 13.8. The van der Waals surface area contributed by atoms with Crippen LogP contribution in [0, 0.1) is 0 Å². The molecule has 53 heavy (non-hydrogen) atoms. The number of nitrogens with zero attached hydrogens (tertiary/aromatic N) is 3. The van der Waals surface area contributed by atoms with E-state index >= 15 is 0 Å². The Morgan fingerprint density at radius 1 is 0.453 bits per heavy atom. The minimum Gasteiger partial charge on any atom is -0.456 e. The van der Waals surface area contributed by atoms with Crippen molar-refractivity contribution in [1.29, 1.82) is 0 Å². The monoisotopic (exact) mass is 693 g/mol. The molecule has 0 aliphatic heterocycles. The molecule has 0 radical (unpaired) electrons. The fourth-order valence-corrected chi connectivity index (χ4v) is 9.57. The molecule has 4 aromatic heterocycles. The minimum atomic E-state index is 0.656. The van der Waals surface area contributed by atoms with Gasteiger partial charge in [0.05, 0.1) is 26.9 Å². The zero-order valence-electron chi connectivity index (χ0n) is 28.2. The number of para-hydroxylation sites is 2. The second kappa shape index (κ2) is 10.8. The quantitative estimate of drug-likeness (QED) is 0.185. The maximum atomic E-state index is 6.38. The van der Waals surface area contributed by atoms with Gasteiger partial charge in [-0.3, -0.25) is 4.57 Å². The Labute approximate surface area is 306 Å². The van der Waals surface area contributed by atoms with Crippen LogP contribution in [0.25, 0.3) is 114 Å². The molecule has 4 heterocycles. The van der Waals surface area contributed by atoms with E-state index in [1.165, 1.54) is 52.8 Å². The normalized spacial score (nSPS) is 12.2. The van der Waals surface area contributed by atoms with E-state index in [9.17, 15) is 0 Å². The lowest BCUT2D eigenvalue weighted by Crippen LogP contribution is -2.03. The van der Waals surface area contributed by atoms with Crippen LogP contribution in [-0.2, 0) is 0 Å². The number of rotatable bonds is 3. The van der Waals surface area contributed by atoms with Crippen LogP contribution < -0.4 is 0 Å². The smallest absolute Gasteiger partial charge is 0.235 e. The van der Waals surface area contributed by atoms with Gasteiger partial charge in [-0.2, -0.15) is 0 Å². The summed E-state index contributed by atoms with van der Waals surface area (Å²) in [5, 5.41) is 10.4. The maximum absolute atomic E-state index is 6.38. The fraction of sp³-hybridized carbons (Fsp3) is 0. The first-order valence-corrected chi connectivity index (χ1v) is 18.6. The van der Waals surface area contributed by atoms with Gasteiger partial charge in [0.15, 0.2) is 0 Å². The van der Waals surface area contributed by atoms with Crippen LogP contribution in [0.15, 0.2) is 168 Å². The third-order valence-corrected chi connectivity index (χ3v) is 12.0. The summed E-state index contributed by atoms with van der Waals surface area (Å²) >= 11 is 1.85. The van der Waals surface area contributed by atoms with Crippen molar-refractivity contribution in [3.63, 3.8) is 0 Å². The Hall–Kier alpha value is -6.82.